The number of carboxylic acid groups (broad SMARTS) is 1. The van der Waals surface area contributed by atoms with Crippen LogP contribution in [0.4, 0.5) is 36.2 Å². The normalized spacial score (nSPS) is 15.2. The first-order valence-corrected chi connectivity index (χ1v) is 8.58. The molecule has 0 bridgehead atoms. The van der Waals surface area contributed by atoms with Gasteiger partial charge in [0.05, 0.1) is 16.4 Å². The predicted molar refractivity (Wildman–Crippen MR) is 96.0 cm³/mol. The summed E-state index contributed by atoms with van der Waals surface area (Å²) in [6, 6.07) is 4.22. The number of rotatable bonds is 5. The minimum Gasteiger partial charge on any atom is -0.481 e. The SMILES string of the molecule is O=C(O)C1CCN(c2ncnc(Nc3cccc(C(F)(F)F)c3)c2[N+](=O)[O-])CC1. The molecule has 0 amide bonds. The van der Waals surface area contributed by atoms with Gasteiger partial charge < -0.3 is 15.3 Å². The van der Waals surface area contributed by atoms with E-state index in [4.69, 9.17) is 5.11 Å². The van der Waals surface area contributed by atoms with Crippen LogP contribution in [0.25, 0.3) is 0 Å². The van der Waals surface area contributed by atoms with E-state index in [2.05, 4.69) is 15.3 Å². The number of carbonyl (C=O) groups is 1. The molecule has 3 rings (SSSR count). The maximum absolute atomic E-state index is 12.9. The number of carboxylic acids is 1. The minimum absolute atomic E-state index is 0.0108. The Morgan fingerprint density at radius 3 is 2.55 bits per heavy atom. The molecule has 29 heavy (non-hydrogen) atoms. The Morgan fingerprint density at radius 1 is 1.28 bits per heavy atom. The van der Waals surface area contributed by atoms with E-state index in [0.717, 1.165) is 18.5 Å². The van der Waals surface area contributed by atoms with Crippen LogP contribution < -0.4 is 10.2 Å². The number of anilines is 3. The maximum Gasteiger partial charge on any atom is 0.416 e. The summed E-state index contributed by atoms with van der Waals surface area (Å²) in [4.78, 5) is 31.4. The van der Waals surface area contributed by atoms with Crippen molar-refractivity contribution in [1.82, 2.24) is 9.97 Å². The number of hydrogen-bond acceptors (Lipinski definition) is 7. The van der Waals surface area contributed by atoms with Crippen LogP contribution in [0.3, 0.4) is 0 Å². The van der Waals surface area contributed by atoms with Crippen LogP contribution in [0.2, 0.25) is 0 Å². The molecule has 1 aliphatic heterocycles. The van der Waals surface area contributed by atoms with E-state index in [1.807, 2.05) is 0 Å². The highest BCUT2D eigenvalue weighted by Gasteiger charge is 2.33. The zero-order valence-electron chi connectivity index (χ0n) is 14.9. The molecule has 2 aromatic rings. The van der Waals surface area contributed by atoms with Crippen molar-refractivity contribution in [3.63, 3.8) is 0 Å². The number of nitrogens with one attached hydrogen (secondary N) is 1. The summed E-state index contributed by atoms with van der Waals surface area (Å²) < 4.78 is 38.7. The first kappa shape index (κ1) is 20.3. The third-order valence-electron chi connectivity index (χ3n) is 4.58. The summed E-state index contributed by atoms with van der Waals surface area (Å²) in [5.74, 6) is -1.72. The van der Waals surface area contributed by atoms with Crippen LogP contribution in [0.5, 0.6) is 0 Å². The topological polar surface area (TPSA) is 121 Å². The summed E-state index contributed by atoms with van der Waals surface area (Å²) in [6.07, 6.45) is -2.89. The van der Waals surface area contributed by atoms with Crippen LogP contribution in [0.1, 0.15) is 18.4 Å². The van der Waals surface area contributed by atoms with E-state index in [1.165, 1.54) is 12.1 Å². The van der Waals surface area contributed by atoms with Crippen molar-refractivity contribution in [1.29, 1.82) is 0 Å². The lowest BCUT2D eigenvalue weighted by molar-refractivity contribution is -0.383. The third kappa shape index (κ3) is 4.52. The van der Waals surface area contributed by atoms with Gasteiger partial charge in [-0.2, -0.15) is 13.2 Å². The lowest BCUT2D eigenvalue weighted by Gasteiger charge is -2.30. The zero-order chi connectivity index (χ0) is 21.2. The Hall–Kier alpha value is -3.44. The van der Waals surface area contributed by atoms with Crippen LogP contribution in [-0.4, -0.2) is 39.1 Å². The Kier molecular flexibility index (Phi) is 5.52. The fourth-order valence-corrected chi connectivity index (χ4v) is 3.11. The molecule has 1 aliphatic rings. The number of aromatic nitrogens is 2. The number of halogens is 3. The largest absolute Gasteiger partial charge is 0.481 e. The molecule has 2 N–H and O–H groups in total. The van der Waals surface area contributed by atoms with Gasteiger partial charge in [-0.3, -0.25) is 14.9 Å². The van der Waals surface area contributed by atoms with E-state index >= 15 is 0 Å². The van der Waals surface area contributed by atoms with Gasteiger partial charge in [0.25, 0.3) is 0 Å². The number of nitro groups is 1. The molecule has 0 atom stereocenters. The predicted octanol–water partition coefficient (Wildman–Crippen LogP) is 3.45. The van der Waals surface area contributed by atoms with E-state index in [0.29, 0.717) is 12.8 Å². The highest BCUT2D eigenvalue weighted by molar-refractivity contribution is 5.75. The van der Waals surface area contributed by atoms with E-state index < -0.39 is 34.2 Å². The second kappa shape index (κ2) is 7.89. The van der Waals surface area contributed by atoms with E-state index in [-0.39, 0.29) is 30.4 Å². The molecule has 9 nitrogen and oxygen atoms in total. The van der Waals surface area contributed by atoms with E-state index in [9.17, 15) is 28.1 Å². The summed E-state index contributed by atoms with van der Waals surface area (Å²) in [6.45, 7) is 0.496. The molecule has 0 aliphatic carbocycles. The Balaban J connectivity index is 1.90. The standard InChI is InChI=1S/C17H16F3N5O4/c18-17(19,20)11-2-1-3-12(8-11)23-14-13(25(28)29)15(22-9-21-14)24-6-4-10(5-7-24)16(26)27/h1-3,8-10H,4-7H2,(H,26,27)(H,21,22,23). The monoisotopic (exact) mass is 411 g/mol. The van der Waals surface area contributed by atoms with Crippen LogP contribution in [0, 0.1) is 16.0 Å². The first-order chi connectivity index (χ1) is 13.7. The Labute approximate surface area is 162 Å². The molecule has 154 valence electrons. The van der Waals surface area contributed by atoms with Gasteiger partial charge in [0.15, 0.2) is 0 Å². The summed E-state index contributed by atoms with van der Waals surface area (Å²) in [5, 5.41) is 23.3. The smallest absolute Gasteiger partial charge is 0.416 e. The fraction of sp³-hybridized carbons (Fsp3) is 0.353. The van der Waals surface area contributed by atoms with E-state index in [1.54, 1.807) is 4.90 Å². The molecule has 1 fully saturated rings. The summed E-state index contributed by atoms with van der Waals surface area (Å²) >= 11 is 0. The van der Waals surface area contributed by atoms with Gasteiger partial charge in [0.1, 0.15) is 6.33 Å². The van der Waals surface area contributed by atoms with Crippen LogP contribution in [-0.2, 0) is 11.0 Å². The fourth-order valence-electron chi connectivity index (χ4n) is 3.11. The van der Waals surface area contributed by atoms with Crippen molar-refractivity contribution >= 4 is 29.0 Å². The second-order valence-electron chi connectivity index (χ2n) is 6.45. The Bertz CT molecular complexity index is 930. The zero-order valence-corrected chi connectivity index (χ0v) is 14.9. The van der Waals surface area contributed by atoms with Gasteiger partial charge >= 0.3 is 17.8 Å². The van der Waals surface area contributed by atoms with Gasteiger partial charge in [0, 0.05) is 18.8 Å². The number of benzene rings is 1. The molecular formula is C17H16F3N5O4. The molecule has 0 saturated carbocycles. The molecule has 2 heterocycles. The summed E-state index contributed by atoms with van der Waals surface area (Å²) in [7, 11) is 0. The van der Waals surface area contributed by atoms with Gasteiger partial charge in [0.2, 0.25) is 11.6 Å². The molecule has 1 saturated heterocycles. The van der Waals surface area contributed by atoms with Gasteiger partial charge in [-0.25, -0.2) is 9.97 Å². The number of nitrogens with zero attached hydrogens (tertiary/aromatic N) is 4. The molecule has 0 radical (unpaired) electrons. The third-order valence-corrected chi connectivity index (χ3v) is 4.58. The molecule has 0 spiro atoms. The number of alkyl halides is 3. The quantitative estimate of drug-likeness (QED) is 0.567. The summed E-state index contributed by atoms with van der Waals surface area (Å²) in [5.41, 5.74) is -1.41. The van der Waals surface area contributed by atoms with Crippen molar-refractivity contribution in [2.75, 3.05) is 23.3 Å². The van der Waals surface area contributed by atoms with Crippen molar-refractivity contribution in [3.05, 3.63) is 46.3 Å². The first-order valence-electron chi connectivity index (χ1n) is 8.58. The lowest BCUT2D eigenvalue weighted by atomic mass is 9.97. The number of aliphatic carboxylic acids is 1. The highest BCUT2D eigenvalue weighted by Crippen LogP contribution is 2.36. The van der Waals surface area contributed by atoms with Gasteiger partial charge in [-0.15, -0.1) is 0 Å². The van der Waals surface area contributed by atoms with Crippen LogP contribution >= 0.6 is 0 Å². The van der Waals surface area contributed by atoms with Crippen molar-refractivity contribution in [2.45, 2.75) is 19.0 Å². The lowest BCUT2D eigenvalue weighted by Crippen LogP contribution is -2.37. The van der Waals surface area contributed by atoms with Crippen molar-refractivity contribution in [2.24, 2.45) is 5.92 Å². The maximum atomic E-state index is 12.9. The second-order valence-corrected chi connectivity index (χ2v) is 6.45. The van der Waals surface area contributed by atoms with Crippen molar-refractivity contribution in [3.8, 4) is 0 Å². The number of piperidine rings is 1. The van der Waals surface area contributed by atoms with Gasteiger partial charge in [-0.1, -0.05) is 6.07 Å². The molecular weight excluding hydrogens is 395 g/mol. The van der Waals surface area contributed by atoms with Gasteiger partial charge in [-0.05, 0) is 31.0 Å². The molecule has 0 unspecified atom stereocenters. The average molecular weight is 411 g/mol. The van der Waals surface area contributed by atoms with Crippen molar-refractivity contribution < 1.29 is 28.0 Å². The molecule has 1 aromatic carbocycles. The average Bonchev–Trinajstić information content (AvgIpc) is 2.67. The number of hydrogen-bond donors (Lipinski definition) is 2. The molecule has 12 heteroatoms. The Morgan fingerprint density at radius 2 is 1.97 bits per heavy atom. The minimum atomic E-state index is -4.56. The highest BCUT2D eigenvalue weighted by atomic mass is 19.4. The van der Waals surface area contributed by atoms with Crippen LogP contribution in [0.15, 0.2) is 30.6 Å². The molecule has 1 aromatic heterocycles.